The largest absolute Gasteiger partial charge is 0.328 e. The highest BCUT2D eigenvalue weighted by Gasteiger charge is 2.23. The first kappa shape index (κ1) is 12.3. The van der Waals surface area contributed by atoms with E-state index in [4.69, 9.17) is 0 Å². The minimum Gasteiger partial charge on any atom is -0.328 e. The lowest BCUT2D eigenvalue weighted by Gasteiger charge is -2.22. The fraction of sp³-hybridized carbons (Fsp3) is 0.286. The molecular formula is C14H16N4. The Labute approximate surface area is 107 Å². The smallest absolute Gasteiger partial charge is 0.139 e. The van der Waals surface area contributed by atoms with Gasteiger partial charge in [-0.25, -0.2) is 4.98 Å². The molecule has 1 aromatic heterocycles. The van der Waals surface area contributed by atoms with E-state index in [0.717, 1.165) is 11.4 Å². The van der Waals surface area contributed by atoms with Crippen LogP contribution in [0.25, 0.3) is 11.4 Å². The van der Waals surface area contributed by atoms with E-state index in [1.165, 1.54) is 0 Å². The van der Waals surface area contributed by atoms with Crippen molar-refractivity contribution >= 4 is 0 Å². The third-order valence-corrected chi connectivity index (χ3v) is 3.03. The van der Waals surface area contributed by atoms with Gasteiger partial charge in [-0.2, -0.15) is 5.26 Å². The number of hydrogen-bond acceptors (Lipinski definition) is 3. The zero-order chi connectivity index (χ0) is 13.0. The fourth-order valence-electron chi connectivity index (χ4n) is 1.80. The number of benzene rings is 1. The van der Waals surface area contributed by atoms with Crippen LogP contribution in [-0.2, 0) is 6.54 Å². The average molecular weight is 240 g/mol. The van der Waals surface area contributed by atoms with Crippen molar-refractivity contribution in [3.63, 3.8) is 0 Å². The van der Waals surface area contributed by atoms with Crippen LogP contribution in [-0.4, -0.2) is 22.1 Å². The van der Waals surface area contributed by atoms with Gasteiger partial charge in [0.05, 0.1) is 12.6 Å². The number of hydrogen-bond donors (Lipinski definition) is 1. The first-order valence-corrected chi connectivity index (χ1v) is 5.85. The fourth-order valence-corrected chi connectivity index (χ4v) is 1.80. The number of imidazole rings is 1. The molecule has 0 radical (unpaired) electrons. The van der Waals surface area contributed by atoms with E-state index in [1.807, 2.05) is 48.0 Å². The van der Waals surface area contributed by atoms with Gasteiger partial charge in [0.2, 0.25) is 0 Å². The van der Waals surface area contributed by atoms with Gasteiger partial charge in [-0.3, -0.25) is 0 Å². The van der Waals surface area contributed by atoms with Gasteiger partial charge in [0.25, 0.3) is 0 Å². The van der Waals surface area contributed by atoms with Crippen molar-refractivity contribution in [1.29, 1.82) is 5.26 Å². The molecule has 2 rings (SSSR count). The van der Waals surface area contributed by atoms with Crippen molar-refractivity contribution < 1.29 is 0 Å². The molecule has 0 fully saturated rings. The lowest BCUT2D eigenvalue weighted by molar-refractivity contribution is 0.420. The third-order valence-electron chi connectivity index (χ3n) is 3.03. The van der Waals surface area contributed by atoms with Gasteiger partial charge in [-0.05, 0) is 14.0 Å². The molecule has 18 heavy (non-hydrogen) atoms. The molecule has 0 aliphatic heterocycles. The summed E-state index contributed by atoms with van der Waals surface area (Å²) in [5, 5.41) is 12.2. The molecular weight excluding hydrogens is 224 g/mol. The third kappa shape index (κ3) is 2.41. The Bertz CT molecular complexity index is 553. The van der Waals surface area contributed by atoms with Gasteiger partial charge >= 0.3 is 0 Å². The van der Waals surface area contributed by atoms with Gasteiger partial charge in [-0.1, -0.05) is 30.3 Å². The Kier molecular flexibility index (Phi) is 3.45. The molecule has 1 aromatic carbocycles. The number of aromatic nitrogens is 2. The van der Waals surface area contributed by atoms with E-state index in [-0.39, 0.29) is 0 Å². The molecule has 0 aliphatic rings. The summed E-state index contributed by atoms with van der Waals surface area (Å²) in [5.74, 6) is 0.882. The highest BCUT2D eigenvalue weighted by molar-refractivity contribution is 5.55. The number of nitriles is 1. The number of nitrogens with one attached hydrogen (secondary N) is 1. The molecule has 4 nitrogen and oxygen atoms in total. The van der Waals surface area contributed by atoms with Crippen LogP contribution in [0, 0.1) is 11.3 Å². The van der Waals surface area contributed by atoms with E-state index in [9.17, 15) is 5.26 Å². The number of likely N-dealkylation sites (N-methyl/N-ethyl adjacent to an activating group) is 1. The lowest BCUT2D eigenvalue weighted by atomic mass is 10.1. The van der Waals surface area contributed by atoms with Crippen LogP contribution in [0.4, 0.5) is 0 Å². The summed E-state index contributed by atoms with van der Waals surface area (Å²) in [6.07, 6.45) is 3.66. The van der Waals surface area contributed by atoms with Crippen molar-refractivity contribution in [3.8, 4) is 17.5 Å². The van der Waals surface area contributed by atoms with Crippen molar-refractivity contribution in [1.82, 2.24) is 14.9 Å². The zero-order valence-corrected chi connectivity index (χ0v) is 10.6. The van der Waals surface area contributed by atoms with Gasteiger partial charge in [0.15, 0.2) is 0 Å². The molecule has 1 unspecified atom stereocenters. The van der Waals surface area contributed by atoms with Crippen LogP contribution >= 0.6 is 0 Å². The Balaban J connectivity index is 2.33. The molecule has 1 heterocycles. The van der Waals surface area contributed by atoms with E-state index in [0.29, 0.717) is 6.54 Å². The predicted octanol–water partition coefficient (Wildman–Crippen LogP) is 2.05. The first-order valence-electron chi connectivity index (χ1n) is 5.85. The molecule has 1 N–H and O–H groups in total. The molecule has 0 bridgehead atoms. The molecule has 1 atom stereocenters. The number of rotatable bonds is 4. The maximum atomic E-state index is 9.20. The predicted molar refractivity (Wildman–Crippen MR) is 70.7 cm³/mol. The van der Waals surface area contributed by atoms with Crippen molar-refractivity contribution in [2.45, 2.75) is 19.0 Å². The second-order valence-electron chi connectivity index (χ2n) is 4.44. The SMILES string of the molecule is CNC(C)(C#N)Cn1ccnc1-c1ccccc1. The summed E-state index contributed by atoms with van der Waals surface area (Å²) in [6.45, 7) is 2.44. The van der Waals surface area contributed by atoms with Crippen LogP contribution in [0.2, 0.25) is 0 Å². The van der Waals surface area contributed by atoms with E-state index >= 15 is 0 Å². The Morgan fingerprint density at radius 2 is 2.11 bits per heavy atom. The summed E-state index contributed by atoms with van der Waals surface area (Å²) >= 11 is 0. The second kappa shape index (κ2) is 5.03. The minimum absolute atomic E-state index is 0.560. The van der Waals surface area contributed by atoms with E-state index in [2.05, 4.69) is 16.4 Å². The average Bonchev–Trinajstić information content (AvgIpc) is 2.87. The molecule has 92 valence electrons. The van der Waals surface area contributed by atoms with Gasteiger partial charge in [0, 0.05) is 18.0 Å². The Morgan fingerprint density at radius 1 is 1.39 bits per heavy atom. The van der Waals surface area contributed by atoms with Gasteiger partial charge in [0.1, 0.15) is 11.4 Å². The zero-order valence-electron chi connectivity index (χ0n) is 10.6. The quantitative estimate of drug-likeness (QED) is 0.890. The van der Waals surface area contributed by atoms with Crippen LogP contribution in [0.3, 0.4) is 0 Å². The molecule has 0 saturated heterocycles. The summed E-state index contributed by atoms with van der Waals surface area (Å²) in [4.78, 5) is 4.36. The standard InChI is InChI=1S/C14H16N4/c1-14(10-15,16-2)11-18-9-8-17-13(18)12-6-4-3-5-7-12/h3-9,16H,11H2,1-2H3. The highest BCUT2D eigenvalue weighted by atomic mass is 15.1. The summed E-state index contributed by atoms with van der Waals surface area (Å²) in [5.41, 5.74) is 0.462. The van der Waals surface area contributed by atoms with Crippen LogP contribution < -0.4 is 5.32 Å². The molecule has 0 aliphatic carbocycles. The monoisotopic (exact) mass is 240 g/mol. The Morgan fingerprint density at radius 3 is 2.72 bits per heavy atom. The molecule has 0 saturated carbocycles. The maximum absolute atomic E-state index is 9.20. The first-order chi connectivity index (χ1) is 8.68. The highest BCUT2D eigenvalue weighted by Crippen LogP contribution is 2.18. The molecule has 2 aromatic rings. The van der Waals surface area contributed by atoms with Crippen molar-refractivity contribution in [3.05, 3.63) is 42.7 Å². The molecule has 0 amide bonds. The van der Waals surface area contributed by atoms with Crippen LogP contribution in [0.15, 0.2) is 42.7 Å². The molecule has 0 spiro atoms. The van der Waals surface area contributed by atoms with Crippen LogP contribution in [0.5, 0.6) is 0 Å². The normalized spacial score (nSPS) is 13.8. The summed E-state index contributed by atoms with van der Waals surface area (Å²) in [7, 11) is 1.79. The molecule has 4 heteroatoms. The van der Waals surface area contributed by atoms with Crippen molar-refractivity contribution in [2.24, 2.45) is 0 Å². The van der Waals surface area contributed by atoms with Crippen LogP contribution in [0.1, 0.15) is 6.92 Å². The minimum atomic E-state index is -0.593. The van der Waals surface area contributed by atoms with E-state index < -0.39 is 5.54 Å². The lowest BCUT2D eigenvalue weighted by Crippen LogP contribution is -2.42. The van der Waals surface area contributed by atoms with E-state index in [1.54, 1.807) is 13.2 Å². The Hall–Kier alpha value is -2.12. The van der Waals surface area contributed by atoms with Gasteiger partial charge < -0.3 is 9.88 Å². The second-order valence-corrected chi connectivity index (χ2v) is 4.44. The topological polar surface area (TPSA) is 53.6 Å². The summed E-state index contributed by atoms with van der Waals surface area (Å²) < 4.78 is 2.00. The van der Waals surface area contributed by atoms with Gasteiger partial charge in [-0.15, -0.1) is 0 Å². The van der Waals surface area contributed by atoms with Crippen molar-refractivity contribution in [2.75, 3.05) is 7.05 Å². The summed E-state index contributed by atoms with van der Waals surface area (Å²) in [6, 6.07) is 12.3. The number of nitrogens with zero attached hydrogens (tertiary/aromatic N) is 3. The maximum Gasteiger partial charge on any atom is 0.139 e.